The lowest BCUT2D eigenvalue weighted by Crippen LogP contribution is -2.33. The monoisotopic (exact) mass is 271 g/mol. The van der Waals surface area contributed by atoms with Crippen molar-refractivity contribution in [1.29, 1.82) is 0 Å². The number of benzene rings is 1. The van der Waals surface area contributed by atoms with Crippen LogP contribution in [0.3, 0.4) is 0 Å². The van der Waals surface area contributed by atoms with E-state index >= 15 is 0 Å². The summed E-state index contributed by atoms with van der Waals surface area (Å²) in [5.74, 6) is 0. The fourth-order valence-corrected chi connectivity index (χ4v) is 3.03. The van der Waals surface area contributed by atoms with Gasteiger partial charge in [-0.3, -0.25) is 9.88 Å². The van der Waals surface area contributed by atoms with E-state index in [-0.39, 0.29) is 0 Å². The van der Waals surface area contributed by atoms with Gasteiger partial charge in [0.2, 0.25) is 0 Å². The van der Waals surface area contributed by atoms with Crippen molar-refractivity contribution < 1.29 is 0 Å². The fraction of sp³-hybridized carbons (Fsp3) is 0.333. The Morgan fingerprint density at radius 1 is 1.42 bits per heavy atom. The highest BCUT2D eigenvalue weighted by Gasteiger charge is 2.22. The molecule has 4 heteroatoms. The highest BCUT2D eigenvalue weighted by molar-refractivity contribution is 7.80. The van der Waals surface area contributed by atoms with Crippen molar-refractivity contribution in [3.8, 4) is 0 Å². The van der Waals surface area contributed by atoms with Gasteiger partial charge in [0.1, 0.15) is 4.99 Å². The highest BCUT2D eigenvalue weighted by atomic mass is 32.1. The number of likely N-dealkylation sites (N-methyl/N-ethyl adjacent to an activating group) is 1. The Bertz CT molecular complexity index is 651. The quantitative estimate of drug-likeness (QED) is 0.851. The molecule has 2 aromatic rings. The number of hydrogen-bond donors (Lipinski definition) is 1. The molecule has 3 rings (SSSR count). The minimum Gasteiger partial charge on any atom is -0.389 e. The van der Waals surface area contributed by atoms with E-state index in [0.29, 0.717) is 4.99 Å². The number of thiocarbonyl (C=S) groups is 1. The van der Waals surface area contributed by atoms with Crippen LogP contribution in [0.4, 0.5) is 0 Å². The summed E-state index contributed by atoms with van der Waals surface area (Å²) in [6, 6.07) is 8.11. The first-order chi connectivity index (χ1) is 9.20. The van der Waals surface area contributed by atoms with Crippen LogP contribution in [0.2, 0.25) is 0 Å². The normalized spacial score (nSPS) is 15.4. The van der Waals surface area contributed by atoms with Gasteiger partial charge in [0.15, 0.2) is 0 Å². The zero-order valence-corrected chi connectivity index (χ0v) is 11.8. The van der Waals surface area contributed by atoms with Gasteiger partial charge in [0, 0.05) is 36.2 Å². The van der Waals surface area contributed by atoms with Gasteiger partial charge in [-0.25, -0.2) is 0 Å². The van der Waals surface area contributed by atoms with Crippen LogP contribution < -0.4 is 5.73 Å². The Kier molecular flexibility index (Phi) is 3.21. The summed E-state index contributed by atoms with van der Waals surface area (Å²) in [5.41, 5.74) is 10.4. The smallest absolute Gasteiger partial charge is 0.105 e. The van der Waals surface area contributed by atoms with Gasteiger partial charge in [-0.1, -0.05) is 37.3 Å². The van der Waals surface area contributed by atoms with Crippen molar-refractivity contribution >= 4 is 28.1 Å². The average Bonchev–Trinajstić information content (AvgIpc) is 2.43. The highest BCUT2D eigenvalue weighted by Crippen LogP contribution is 2.27. The standard InChI is InChI=1S/C15H17N3S/c1-2-18-8-7-13-11(9-18)14(15(16)19)10-5-3-4-6-12(10)17-13/h3-6H,2,7-9H2,1H3,(H2,16,19). The third-order valence-electron chi connectivity index (χ3n) is 3.82. The third-order valence-corrected chi connectivity index (χ3v) is 4.02. The maximum absolute atomic E-state index is 5.98. The van der Waals surface area contributed by atoms with Crippen LogP contribution in [0, 0.1) is 0 Å². The summed E-state index contributed by atoms with van der Waals surface area (Å²) in [6.07, 6.45) is 0.976. The largest absolute Gasteiger partial charge is 0.389 e. The van der Waals surface area contributed by atoms with Gasteiger partial charge < -0.3 is 5.73 Å². The van der Waals surface area contributed by atoms with E-state index in [1.807, 2.05) is 18.2 Å². The predicted molar refractivity (Wildman–Crippen MR) is 82.3 cm³/mol. The van der Waals surface area contributed by atoms with Crippen LogP contribution in [0.5, 0.6) is 0 Å². The molecular weight excluding hydrogens is 254 g/mol. The van der Waals surface area contributed by atoms with Crippen molar-refractivity contribution in [1.82, 2.24) is 9.88 Å². The summed E-state index contributed by atoms with van der Waals surface area (Å²) in [5, 5.41) is 1.08. The molecule has 3 nitrogen and oxygen atoms in total. The lowest BCUT2D eigenvalue weighted by molar-refractivity contribution is 0.266. The maximum Gasteiger partial charge on any atom is 0.105 e. The molecule has 0 fully saturated rings. The molecule has 1 aromatic carbocycles. The van der Waals surface area contributed by atoms with E-state index in [2.05, 4.69) is 17.9 Å². The van der Waals surface area contributed by atoms with E-state index < -0.39 is 0 Å². The Balaban J connectivity index is 2.28. The summed E-state index contributed by atoms with van der Waals surface area (Å²) in [6.45, 7) is 5.19. The van der Waals surface area contributed by atoms with Gasteiger partial charge in [0.05, 0.1) is 5.52 Å². The van der Waals surface area contributed by atoms with Gasteiger partial charge in [-0.2, -0.15) is 0 Å². The van der Waals surface area contributed by atoms with E-state index in [9.17, 15) is 0 Å². The molecule has 19 heavy (non-hydrogen) atoms. The molecule has 2 heterocycles. The number of nitrogens with zero attached hydrogens (tertiary/aromatic N) is 2. The van der Waals surface area contributed by atoms with Gasteiger partial charge in [0.25, 0.3) is 0 Å². The summed E-state index contributed by atoms with van der Waals surface area (Å²) >= 11 is 5.28. The van der Waals surface area contributed by atoms with Crippen LogP contribution in [0.25, 0.3) is 10.9 Å². The topological polar surface area (TPSA) is 42.2 Å². The van der Waals surface area contributed by atoms with Crippen molar-refractivity contribution in [2.75, 3.05) is 13.1 Å². The van der Waals surface area contributed by atoms with Gasteiger partial charge in [-0.15, -0.1) is 0 Å². The van der Waals surface area contributed by atoms with E-state index in [1.54, 1.807) is 0 Å². The molecule has 0 spiro atoms. The summed E-state index contributed by atoms with van der Waals surface area (Å²) < 4.78 is 0. The number of para-hydroxylation sites is 1. The van der Waals surface area contributed by atoms with Crippen molar-refractivity contribution in [3.63, 3.8) is 0 Å². The Hall–Kier alpha value is -1.52. The average molecular weight is 271 g/mol. The Morgan fingerprint density at radius 3 is 2.95 bits per heavy atom. The molecule has 0 saturated heterocycles. The van der Waals surface area contributed by atoms with Crippen LogP contribution in [-0.2, 0) is 13.0 Å². The molecule has 1 aromatic heterocycles. The minimum absolute atomic E-state index is 0.479. The van der Waals surface area contributed by atoms with Crippen LogP contribution in [0.1, 0.15) is 23.7 Å². The molecule has 0 bridgehead atoms. The Labute approximate surface area is 118 Å². The zero-order chi connectivity index (χ0) is 13.4. The van der Waals surface area contributed by atoms with Crippen molar-refractivity contribution in [2.45, 2.75) is 19.9 Å². The summed E-state index contributed by atoms with van der Waals surface area (Å²) in [4.78, 5) is 7.67. The van der Waals surface area contributed by atoms with Gasteiger partial charge in [-0.05, 0) is 18.2 Å². The number of rotatable bonds is 2. The number of aromatic nitrogens is 1. The predicted octanol–water partition coefficient (Wildman–Crippen LogP) is 2.25. The molecule has 0 radical (unpaired) electrons. The van der Waals surface area contributed by atoms with E-state index in [1.165, 1.54) is 5.56 Å². The lowest BCUT2D eigenvalue weighted by atomic mass is 9.96. The Morgan fingerprint density at radius 2 is 2.21 bits per heavy atom. The van der Waals surface area contributed by atoms with Crippen molar-refractivity contribution in [2.24, 2.45) is 5.73 Å². The molecule has 98 valence electrons. The maximum atomic E-state index is 5.98. The number of nitrogens with two attached hydrogens (primary N) is 1. The molecule has 0 saturated carbocycles. The lowest BCUT2D eigenvalue weighted by Gasteiger charge is -2.29. The SMILES string of the molecule is CCN1CCc2nc3ccccc3c(C(N)=S)c2C1. The van der Waals surface area contributed by atoms with Crippen LogP contribution in [0.15, 0.2) is 24.3 Å². The minimum atomic E-state index is 0.479. The second kappa shape index (κ2) is 4.87. The molecular formula is C15H17N3S. The number of hydrogen-bond acceptors (Lipinski definition) is 3. The van der Waals surface area contributed by atoms with E-state index in [0.717, 1.165) is 48.2 Å². The molecule has 2 N–H and O–H groups in total. The second-order valence-corrected chi connectivity index (χ2v) is 5.35. The van der Waals surface area contributed by atoms with Gasteiger partial charge >= 0.3 is 0 Å². The van der Waals surface area contributed by atoms with Crippen LogP contribution >= 0.6 is 12.2 Å². The molecule has 0 unspecified atom stereocenters. The van der Waals surface area contributed by atoms with E-state index in [4.69, 9.17) is 22.9 Å². The summed E-state index contributed by atoms with van der Waals surface area (Å²) in [7, 11) is 0. The molecule has 0 amide bonds. The molecule has 0 aliphatic carbocycles. The first kappa shape index (κ1) is 12.5. The fourth-order valence-electron chi connectivity index (χ4n) is 2.80. The zero-order valence-electron chi connectivity index (χ0n) is 11.0. The van der Waals surface area contributed by atoms with Crippen LogP contribution in [-0.4, -0.2) is 28.0 Å². The first-order valence-electron chi connectivity index (χ1n) is 6.63. The second-order valence-electron chi connectivity index (χ2n) is 4.91. The molecule has 1 aliphatic rings. The third kappa shape index (κ3) is 2.11. The molecule has 1 aliphatic heterocycles. The number of pyridine rings is 1. The molecule has 0 atom stereocenters. The first-order valence-corrected chi connectivity index (χ1v) is 7.04. The van der Waals surface area contributed by atoms with Crippen molar-refractivity contribution in [3.05, 3.63) is 41.1 Å². The number of fused-ring (bicyclic) bond motifs is 2.